The minimum atomic E-state index is -0.186. The maximum atomic E-state index is 12.6. The summed E-state index contributed by atoms with van der Waals surface area (Å²) in [5.41, 5.74) is 2.40. The summed E-state index contributed by atoms with van der Waals surface area (Å²) < 4.78 is 5.88. The molecule has 5 nitrogen and oxygen atoms in total. The lowest BCUT2D eigenvalue weighted by Gasteiger charge is -2.23. The molecule has 0 aliphatic rings. The molecule has 1 N–H and O–H groups in total. The van der Waals surface area contributed by atoms with E-state index in [1.165, 1.54) is 6.92 Å². The Morgan fingerprint density at radius 3 is 2.28 bits per heavy atom. The van der Waals surface area contributed by atoms with Crippen LogP contribution in [0.4, 0.5) is 11.4 Å². The molecule has 0 bridgehead atoms. The molecule has 0 aliphatic carbocycles. The minimum absolute atomic E-state index is 0.0973. The molecule has 0 atom stereocenters. The SMILES string of the molecule is CC(=O)N(CCC(=O)Nc1ccccc1Oc1ccccc1)c1ccccc1C. The van der Waals surface area contributed by atoms with Gasteiger partial charge in [-0.25, -0.2) is 0 Å². The van der Waals surface area contributed by atoms with Crippen molar-refractivity contribution in [2.75, 3.05) is 16.8 Å². The number of nitrogens with one attached hydrogen (secondary N) is 1. The molecule has 0 fully saturated rings. The Kier molecular flexibility index (Phi) is 6.63. The number of ether oxygens (including phenoxy) is 1. The molecule has 0 radical (unpaired) electrons. The van der Waals surface area contributed by atoms with Gasteiger partial charge in [-0.3, -0.25) is 9.59 Å². The van der Waals surface area contributed by atoms with Gasteiger partial charge in [0.1, 0.15) is 5.75 Å². The summed E-state index contributed by atoms with van der Waals surface area (Å²) in [6.07, 6.45) is 0.174. The van der Waals surface area contributed by atoms with E-state index in [9.17, 15) is 9.59 Å². The second-order valence-corrected chi connectivity index (χ2v) is 6.67. The maximum Gasteiger partial charge on any atom is 0.226 e. The quantitative estimate of drug-likeness (QED) is 0.607. The Morgan fingerprint density at radius 1 is 0.897 bits per heavy atom. The van der Waals surface area contributed by atoms with Gasteiger partial charge in [-0.1, -0.05) is 48.5 Å². The van der Waals surface area contributed by atoms with Crippen LogP contribution in [0.2, 0.25) is 0 Å². The number of amides is 2. The van der Waals surface area contributed by atoms with Crippen LogP contribution in [0, 0.1) is 6.92 Å². The third-order valence-corrected chi connectivity index (χ3v) is 4.48. The van der Waals surface area contributed by atoms with Crippen LogP contribution < -0.4 is 15.0 Å². The van der Waals surface area contributed by atoms with E-state index in [1.54, 1.807) is 17.0 Å². The van der Waals surface area contributed by atoms with Crippen molar-refractivity contribution < 1.29 is 14.3 Å². The Hall–Kier alpha value is -3.60. The molecule has 3 aromatic carbocycles. The van der Waals surface area contributed by atoms with Gasteiger partial charge >= 0.3 is 0 Å². The summed E-state index contributed by atoms with van der Waals surface area (Å²) in [7, 11) is 0. The molecule has 3 aromatic rings. The second kappa shape index (κ2) is 9.55. The highest BCUT2D eigenvalue weighted by Gasteiger charge is 2.16. The van der Waals surface area contributed by atoms with Gasteiger partial charge in [0.2, 0.25) is 11.8 Å². The smallest absolute Gasteiger partial charge is 0.226 e. The second-order valence-electron chi connectivity index (χ2n) is 6.67. The van der Waals surface area contributed by atoms with Crippen molar-refractivity contribution in [2.45, 2.75) is 20.3 Å². The average Bonchev–Trinajstić information content (AvgIpc) is 2.71. The van der Waals surface area contributed by atoms with Crippen LogP contribution in [0.25, 0.3) is 0 Å². The van der Waals surface area contributed by atoms with Crippen LogP contribution in [-0.2, 0) is 9.59 Å². The summed E-state index contributed by atoms with van der Waals surface area (Å²) in [6, 6.07) is 24.3. The number of hydrogen-bond acceptors (Lipinski definition) is 3. The van der Waals surface area contributed by atoms with Crippen molar-refractivity contribution in [2.24, 2.45) is 0 Å². The predicted octanol–water partition coefficient (Wildman–Crippen LogP) is 5.17. The van der Waals surface area contributed by atoms with Crippen molar-refractivity contribution in [3.63, 3.8) is 0 Å². The molecule has 2 amide bonds. The number of anilines is 2. The molecule has 0 saturated heterocycles. The average molecular weight is 388 g/mol. The lowest BCUT2D eigenvalue weighted by Crippen LogP contribution is -2.32. The molecule has 3 rings (SSSR count). The van der Waals surface area contributed by atoms with E-state index in [-0.39, 0.29) is 18.2 Å². The lowest BCUT2D eigenvalue weighted by molar-refractivity contribution is -0.117. The minimum Gasteiger partial charge on any atom is -0.455 e. The lowest BCUT2D eigenvalue weighted by atomic mass is 10.1. The van der Waals surface area contributed by atoms with Gasteiger partial charge < -0.3 is 15.0 Å². The van der Waals surface area contributed by atoms with E-state index in [4.69, 9.17) is 4.74 Å². The summed E-state index contributed by atoms with van der Waals surface area (Å²) in [4.78, 5) is 26.3. The molecule has 5 heteroatoms. The first-order valence-corrected chi connectivity index (χ1v) is 9.50. The predicted molar refractivity (Wildman–Crippen MR) is 115 cm³/mol. The largest absolute Gasteiger partial charge is 0.455 e. The van der Waals surface area contributed by atoms with Gasteiger partial charge in [0, 0.05) is 25.6 Å². The van der Waals surface area contributed by atoms with Crippen LogP contribution in [0.1, 0.15) is 18.9 Å². The Labute approximate surface area is 170 Å². The van der Waals surface area contributed by atoms with Crippen molar-refractivity contribution in [3.8, 4) is 11.5 Å². The third-order valence-electron chi connectivity index (χ3n) is 4.48. The number of para-hydroxylation sites is 4. The number of nitrogens with zero attached hydrogens (tertiary/aromatic N) is 1. The Bertz CT molecular complexity index is 986. The van der Waals surface area contributed by atoms with E-state index < -0.39 is 0 Å². The van der Waals surface area contributed by atoms with E-state index in [0.717, 1.165) is 11.3 Å². The number of carbonyl (C=O) groups is 2. The van der Waals surface area contributed by atoms with Crippen molar-refractivity contribution in [1.29, 1.82) is 0 Å². The highest BCUT2D eigenvalue weighted by molar-refractivity contribution is 5.95. The van der Waals surface area contributed by atoms with Gasteiger partial charge in [-0.2, -0.15) is 0 Å². The van der Waals surface area contributed by atoms with E-state index in [1.807, 2.05) is 73.7 Å². The topological polar surface area (TPSA) is 58.6 Å². The van der Waals surface area contributed by atoms with Crippen molar-refractivity contribution in [3.05, 3.63) is 84.4 Å². The molecule has 0 aromatic heterocycles. The molecule has 0 heterocycles. The third kappa shape index (κ3) is 5.45. The van der Waals surface area contributed by atoms with Crippen LogP contribution in [-0.4, -0.2) is 18.4 Å². The van der Waals surface area contributed by atoms with Crippen LogP contribution >= 0.6 is 0 Å². The van der Waals surface area contributed by atoms with E-state index in [0.29, 0.717) is 23.7 Å². The number of rotatable bonds is 7. The molecule has 148 valence electrons. The van der Waals surface area contributed by atoms with Crippen LogP contribution in [0.3, 0.4) is 0 Å². The molecule has 0 saturated carbocycles. The number of carbonyl (C=O) groups excluding carboxylic acids is 2. The number of aryl methyl sites for hydroxylation is 1. The first kappa shape index (κ1) is 20.1. The number of hydrogen-bond donors (Lipinski definition) is 1. The van der Waals surface area contributed by atoms with Gasteiger partial charge in [0.05, 0.1) is 5.69 Å². The fourth-order valence-corrected chi connectivity index (χ4v) is 3.01. The Balaban J connectivity index is 1.66. The van der Waals surface area contributed by atoms with E-state index in [2.05, 4.69) is 5.32 Å². The monoisotopic (exact) mass is 388 g/mol. The standard InChI is InChI=1S/C24H24N2O3/c1-18-10-6-8-14-22(18)26(19(2)27)17-16-24(28)25-21-13-7-9-15-23(21)29-20-11-4-3-5-12-20/h3-15H,16-17H2,1-2H3,(H,25,28). The maximum absolute atomic E-state index is 12.6. The van der Waals surface area contributed by atoms with Gasteiger partial charge in [0.15, 0.2) is 5.75 Å². The summed E-state index contributed by atoms with van der Waals surface area (Å²) in [6.45, 7) is 3.75. The molecule has 29 heavy (non-hydrogen) atoms. The first-order valence-electron chi connectivity index (χ1n) is 9.50. The number of benzene rings is 3. The van der Waals surface area contributed by atoms with Crippen molar-refractivity contribution in [1.82, 2.24) is 0 Å². The molecule has 0 unspecified atom stereocenters. The summed E-state index contributed by atoms with van der Waals surface area (Å²) >= 11 is 0. The Morgan fingerprint density at radius 2 is 1.55 bits per heavy atom. The zero-order valence-corrected chi connectivity index (χ0v) is 16.6. The summed E-state index contributed by atoms with van der Waals surface area (Å²) in [5, 5.41) is 2.89. The fourth-order valence-electron chi connectivity index (χ4n) is 3.01. The normalized spacial score (nSPS) is 10.3. The highest BCUT2D eigenvalue weighted by atomic mass is 16.5. The first-order chi connectivity index (χ1) is 14.0. The van der Waals surface area contributed by atoms with Gasteiger partial charge in [-0.05, 0) is 42.8 Å². The molecule has 0 spiro atoms. The van der Waals surface area contributed by atoms with Crippen molar-refractivity contribution >= 4 is 23.2 Å². The van der Waals surface area contributed by atoms with Crippen LogP contribution in [0.5, 0.6) is 11.5 Å². The molecular formula is C24H24N2O3. The molecule has 0 aliphatic heterocycles. The van der Waals surface area contributed by atoms with Gasteiger partial charge in [0.25, 0.3) is 0 Å². The van der Waals surface area contributed by atoms with Gasteiger partial charge in [-0.15, -0.1) is 0 Å². The zero-order chi connectivity index (χ0) is 20.6. The van der Waals surface area contributed by atoms with Crippen LogP contribution in [0.15, 0.2) is 78.9 Å². The van der Waals surface area contributed by atoms with E-state index >= 15 is 0 Å². The fraction of sp³-hybridized carbons (Fsp3) is 0.167. The highest BCUT2D eigenvalue weighted by Crippen LogP contribution is 2.29. The zero-order valence-electron chi connectivity index (χ0n) is 16.6. The summed E-state index contributed by atoms with van der Waals surface area (Å²) in [5.74, 6) is 0.972. The molecular weight excluding hydrogens is 364 g/mol.